The predicted molar refractivity (Wildman–Crippen MR) is 146 cm³/mol. The van der Waals surface area contributed by atoms with Crippen molar-refractivity contribution in [2.75, 3.05) is 0 Å². The summed E-state index contributed by atoms with van der Waals surface area (Å²) in [6, 6.07) is 16.7. The molecule has 174 valence electrons. The summed E-state index contributed by atoms with van der Waals surface area (Å²) >= 11 is 0. The van der Waals surface area contributed by atoms with Gasteiger partial charge in [-0.05, 0) is 87.6 Å². The minimum Gasteiger partial charge on any atom is -0.0805 e. The van der Waals surface area contributed by atoms with Gasteiger partial charge in [0.25, 0.3) is 0 Å². The van der Waals surface area contributed by atoms with Gasteiger partial charge in [-0.25, -0.2) is 0 Å². The first-order valence-electron chi connectivity index (χ1n) is 13.9. The summed E-state index contributed by atoms with van der Waals surface area (Å²) in [5.74, 6) is 3.37. The number of aryl methyl sites for hydroxylation is 1. The zero-order valence-electron chi connectivity index (χ0n) is 21.3. The Hall–Kier alpha value is -1.60. The molecular formula is C32H42Si. The van der Waals surface area contributed by atoms with Gasteiger partial charge in [0, 0.05) is 0 Å². The third-order valence-corrected chi connectivity index (χ3v) is 17.0. The average molecular weight is 455 g/mol. The summed E-state index contributed by atoms with van der Waals surface area (Å²) < 4.78 is 0. The Labute approximate surface area is 202 Å². The molecule has 33 heavy (non-hydrogen) atoms. The van der Waals surface area contributed by atoms with E-state index in [9.17, 15) is 0 Å². The molecule has 0 bridgehead atoms. The summed E-state index contributed by atoms with van der Waals surface area (Å²) in [6.45, 7) is 9.92. The topological polar surface area (TPSA) is 0 Å². The average Bonchev–Trinajstić information content (AvgIpc) is 3.18. The summed E-state index contributed by atoms with van der Waals surface area (Å²) in [6.07, 6.45) is 13.8. The standard InChI is InChI=1S/C32H42Si/c1-5-21(2)20-33(16-7-6-8-17-33)32-23(4)18-29-27(32)15-13-25-19-24-10-9-11-26-22(3)12-14-28(30(24)26)31(25)29/h9-15,21,23,27,29,32H,5-8,16-20H2,1-4H3. The van der Waals surface area contributed by atoms with Gasteiger partial charge in [-0.2, -0.15) is 0 Å². The SMILES string of the molecule is CCC(C)C[Si]1(C2C(C)CC3C4=C(C=CC32)Cc2cccc3c(C)ccc4c23)CCCCC1. The highest BCUT2D eigenvalue weighted by molar-refractivity contribution is 6.81. The lowest BCUT2D eigenvalue weighted by molar-refractivity contribution is 0.507. The maximum atomic E-state index is 2.73. The fraction of sp³-hybridized carbons (Fsp3) is 0.562. The van der Waals surface area contributed by atoms with Crippen molar-refractivity contribution >= 4 is 24.4 Å². The van der Waals surface area contributed by atoms with Gasteiger partial charge in [-0.3, -0.25) is 0 Å². The first kappa shape index (κ1) is 21.9. The van der Waals surface area contributed by atoms with E-state index < -0.39 is 8.07 Å². The predicted octanol–water partition coefficient (Wildman–Crippen LogP) is 9.35. The molecule has 4 aliphatic rings. The Morgan fingerprint density at radius 3 is 2.67 bits per heavy atom. The van der Waals surface area contributed by atoms with Gasteiger partial charge in [0.1, 0.15) is 0 Å². The molecule has 3 aliphatic carbocycles. The highest BCUT2D eigenvalue weighted by Gasteiger charge is 2.54. The minimum absolute atomic E-state index is 0.757. The second kappa shape index (κ2) is 8.26. The van der Waals surface area contributed by atoms with Gasteiger partial charge in [-0.1, -0.05) is 107 Å². The molecule has 0 radical (unpaired) electrons. The van der Waals surface area contributed by atoms with Crippen LogP contribution in [0.15, 0.2) is 48.1 Å². The lowest BCUT2D eigenvalue weighted by Gasteiger charge is -2.47. The maximum Gasteiger partial charge on any atom is 0.0578 e. The van der Waals surface area contributed by atoms with Crippen molar-refractivity contribution in [1.82, 2.24) is 0 Å². The van der Waals surface area contributed by atoms with Crippen LogP contribution in [-0.2, 0) is 6.42 Å². The number of rotatable bonds is 4. The molecule has 1 saturated carbocycles. The van der Waals surface area contributed by atoms with Crippen LogP contribution in [0, 0.1) is 30.6 Å². The zero-order chi connectivity index (χ0) is 22.7. The van der Waals surface area contributed by atoms with E-state index in [1.165, 1.54) is 43.1 Å². The molecule has 1 saturated heterocycles. The van der Waals surface area contributed by atoms with Crippen LogP contribution in [-0.4, -0.2) is 8.07 Å². The molecule has 1 aliphatic heterocycles. The van der Waals surface area contributed by atoms with Crippen molar-refractivity contribution in [3.63, 3.8) is 0 Å². The number of hydrogen-bond acceptors (Lipinski definition) is 0. The van der Waals surface area contributed by atoms with Crippen molar-refractivity contribution in [3.8, 4) is 0 Å². The largest absolute Gasteiger partial charge is 0.0805 e. The molecule has 6 rings (SSSR count). The molecule has 0 N–H and O–H groups in total. The first-order valence-corrected chi connectivity index (χ1v) is 16.6. The van der Waals surface area contributed by atoms with Crippen LogP contribution >= 0.6 is 0 Å². The first-order chi connectivity index (χ1) is 16.0. The van der Waals surface area contributed by atoms with Crippen LogP contribution in [0.4, 0.5) is 0 Å². The molecule has 0 spiro atoms. The third-order valence-electron chi connectivity index (χ3n) is 10.4. The molecule has 2 aromatic rings. The van der Waals surface area contributed by atoms with Gasteiger partial charge in [0.05, 0.1) is 8.07 Å². The molecule has 2 fully saturated rings. The highest BCUT2D eigenvalue weighted by atomic mass is 28.3. The summed E-state index contributed by atoms with van der Waals surface area (Å²) in [5, 5.41) is 3.06. The molecule has 1 heterocycles. The summed E-state index contributed by atoms with van der Waals surface area (Å²) in [4.78, 5) is 0. The monoisotopic (exact) mass is 454 g/mol. The lowest BCUT2D eigenvalue weighted by atomic mass is 9.72. The Bertz CT molecular complexity index is 1130. The van der Waals surface area contributed by atoms with Crippen LogP contribution < -0.4 is 0 Å². The van der Waals surface area contributed by atoms with Gasteiger partial charge >= 0.3 is 0 Å². The third kappa shape index (κ3) is 3.36. The van der Waals surface area contributed by atoms with Gasteiger partial charge in [0.15, 0.2) is 0 Å². The molecule has 2 aromatic carbocycles. The van der Waals surface area contributed by atoms with E-state index in [1.807, 2.05) is 0 Å². The van der Waals surface area contributed by atoms with Gasteiger partial charge < -0.3 is 0 Å². The fourth-order valence-electron chi connectivity index (χ4n) is 8.96. The number of benzene rings is 2. The Morgan fingerprint density at radius 1 is 1.06 bits per heavy atom. The Balaban J connectivity index is 1.43. The van der Waals surface area contributed by atoms with Gasteiger partial charge in [0.2, 0.25) is 0 Å². The van der Waals surface area contributed by atoms with Crippen LogP contribution in [0.5, 0.6) is 0 Å². The van der Waals surface area contributed by atoms with Crippen molar-refractivity contribution in [2.24, 2.45) is 23.7 Å². The van der Waals surface area contributed by atoms with Crippen LogP contribution in [0.3, 0.4) is 0 Å². The van der Waals surface area contributed by atoms with Crippen molar-refractivity contribution in [1.29, 1.82) is 0 Å². The lowest BCUT2D eigenvalue weighted by Crippen LogP contribution is -2.46. The molecule has 0 amide bonds. The number of hydrogen-bond donors (Lipinski definition) is 0. The molecule has 0 aromatic heterocycles. The van der Waals surface area contributed by atoms with E-state index in [2.05, 4.69) is 70.2 Å². The fourth-order valence-corrected chi connectivity index (χ4v) is 16.6. The van der Waals surface area contributed by atoms with E-state index in [1.54, 1.807) is 45.8 Å². The summed E-state index contributed by atoms with van der Waals surface area (Å²) in [5.41, 5.74) is 8.95. The molecule has 5 unspecified atom stereocenters. The highest BCUT2D eigenvalue weighted by Crippen LogP contribution is 2.62. The van der Waals surface area contributed by atoms with E-state index >= 15 is 0 Å². The van der Waals surface area contributed by atoms with E-state index in [0.29, 0.717) is 0 Å². The minimum atomic E-state index is -1.28. The van der Waals surface area contributed by atoms with E-state index in [-0.39, 0.29) is 0 Å². The molecular weight excluding hydrogens is 412 g/mol. The molecule has 5 atom stereocenters. The van der Waals surface area contributed by atoms with Crippen LogP contribution in [0.1, 0.15) is 69.6 Å². The van der Waals surface area contributed by atoms with Crippen LogP contribution in [0.2, 0.25) is 23.7 Å². The quantitative estimate of drug-likeness (QED) is 0.404. The zero-order valence-corrected chi connectivity index (χ0v) is 22.3. The second-order valence-electron chi connectivity index (χ2n) is 12.3. The van der Waals surface area contributed by atoms with Crippen molar-refractivity contribution in [2.45, 2.75) is 89.9 Å². The van der Waals surface area contributed by atoms with Gasteiger partial charge in [-0.15, -0.1) is 0 Å². The second-order valence-corrected chi connectivity index (χ2v) is 17.1. The smallest absolute Gasteiger partial charge is 0.0578 e. The number of fused-ring (bicyclic) bond motifs is 3. The Morgan fingerprint density at radius 2 is 1.88 bits per heavy atom. The Kier molecular flexibility index (Phi) is 5.48. The summed E-state index contributed by atoms with van der Waals surface area (Å²) in [7, 11) is -1.28. The van der Waals surface area contributed by atoms with Crippen molar-refractivity contribution in [3.05, 3.63) is 64.7 Å². The number of allylic oxidation sites excluding steroid dienone is 4. The molecule has 1 heteroatoms. The molecule has 0 nitrogen and oxygen atoms in total. The van der Waals surface area contributed by atoms with E-state index in [0.717, 1.165) is 35.6 Å². The normalized spacial score (nSPS) is 30.9. The van der Waals surface area contributed by atoms with Crippen molar-refractivity contribution < 1.29 is 0 Å². The van der Waals surface area contributed by atoms with E-state index in [4.69, 9.17) is 0 Å². The maximum absolute atomic E-state index is 2.73. The van der Waals surface area contributed by atoms with Crippen LogP contribution in [0.25, 0.3) is 16.3 Å².